The molecular weight excluding hydrogens is 340 g/mol. The Morgan fingerprint density at radius 1 is 0.778 bits per heavy atom. The molecule has 0 bridgehead atoms. The fourth-order valence-electron chi connectivity index (χ4n) is 2.67. The zero-order valence-corrected chi connectivity index (χ0v) is 15.2. The van der Waals surface area contributed by atoms with E-state index in [-0.39, 0.29) is 0 Å². The van der Waals surface area contributed by atoms with Gasteiger partial charge in [0.05, 0.1) is 14.2 Å². The van der Waals surface area contributed by atoms with Crippen LogP contribution >= 0.6 is 0 Å². The van der Waals surface area contributed by atoms with Gasteiger partial charge in [0.2, 0.25) is 0 Å². The van der Waals surface area contributed by atoms with E-state index in [0.29, 0.717) is 17.2 Å². The second-order valence-electron chi connectivity index (χ2n) is 5.73. The molecule has 3 aromatic rings. The molecule has 4 nitrogen and oxygen atoms in total. The summed E-state index contributed by atoms with van der Waals surface area (Å²) in [5, 5.41) is 0. The molecule has 0 aliphatic carbocycles. The Morgan fingerprint density at radius 2 is 1.48 bits per heavy atom. The summed E-state index contributed by atoms with van der Waals surface area (Å²) in [4.78, 5) is 12.3. The number of para-hydroxylation sites is 1. The van der Waals surface area contributed by atoms with E-state index in [4.69, 9.17) is 14.2 Å². The van der Waals surface area contributed by atoms with Gasteiger partial charge in [-0.3, -0.25) is 0 Å². The summed E-state index contributed by atoms with van der Waals surface area (Å²) in [6.07, 6.45) is 3.07. The standard InChI is InChI=1S/C23H20O4/c1-25-21-14-12-17(16-22(21)26-2)13-15-23(24)27-20-11-7-6-10-19(20)18-8-4-3-5-9-18/h3-16H,1-2H3. The summed E-state index contributed by atoms with van der Waals surface area (Å²) in [6.45, 7) is 0. The van der Waals surface area contributed by atoms with Crippen molar-refractivity contribution in [3.63, 3.8) is 0 Å². The van der Waals surface area contributed by atoms with Gasteiger partial charge in [-0.15, -0.1) is 0 Å². The lowest BCUT2D eigenvalue weighted by Crippen LogP contribution is -2.04. The molecule has 0 saturated carbocycles. The molecule has 0 fully saturated rings. The Kier molecular flexibility index (Phi) is 5.90. The normalized spacial score (nSPS) is 10.6. The number of ether oxygens (including phenoxy) is 3. The summed E-state index contributed by atoms with van der Waals surface area (Å²) >= 11 is 0. The first kappa shape index (κ1) is 18.3. The molecule has 0 spiro atoms. The van der Waals surface area contributed by atoms with Crippen molar-refractivity contribution in [2.75, 3.05) is 14.2 Å². The maximum atomic E-state index is 12.3. The highest BCUT2D eigenvalue weighted by Gasteiger charge is 2.09. The zero-order valence-electron chi connectivity index (χ0n) is 15.2. The second-order valence-corrected chi connectivity index (χ2v) is 5.73. The smallest absolute Gasteiger partial charge is 0.336 e. The first-order valence-corrected chi connectivity index (χ1v) is 8.47. The lowest BCUT2D eigenvalue weighted by Gasteiger charge is -2.09. The van der Waals surface area contributed by atoms with Crippen molar-refractivity contribution in [1.29, 1.82) is 0 Å². The van der Waals surface area contributed by atoms with E-state index in [1.165, 1.54) is 6.08 Å². The third kappa shape index (κ3) is 4.55. The van der Waals surface area contributed by atoms with Crippen molar-refractivity contribution < 1.29 is 19.0 Å². The van der Waals surface area contributed by atoms with Crippen molar-refractivity contribution in [2.24, 2.45) is 0 Å². The number of benzene rings is 3. The average Bonchev–Trinajstić information content (AvgIpc) is 2.73. The number of carbonyl (C=O) groups is 1. The summed E-state index contributed by atoms with van der Waals surface area (Å²) in [7, 11) is 3.15. The molecule has 136 valence electrons. The van der Waals surface area contributed by atoms with Crippen molar-refractivity contribution in [3.05, 3.63) is 84.4 Å². The lowest BCUT2D eigenvalue weighted by molar-refractivity contribution is -0.128. The number of carbonyl (C=O) groups excluding carboxylic acids is 1. The van der Waals surface area contributed by atoms with Crippen molar-refractivity contribution in [2.45, 2.75) is 0 Å². The number of rotatable bonds is 6. The lowest BCUT2D eigenvalue weighted by atomic mass is 10.1. The van der Waals surface area contributed by atoms with Crippen LogP contribution in [0.1, 0.15) is 5.56 Å². The summed E-state index contributed by atoms with van der Waals surface area (Å²) in [5.41, 5.74) is 2.66. The third-order valence-electron chi connectivity index (χ3n) is 4.00. The fraction of sp³-hybridized carbons (Fsp3) is 0.0870. The van der Waals surface area contributed by atoms with E-state index in [1.54, 1.807) is 38.5 Å². The molecule has 3 rings (SSSR count). The Hall–Kier alpha value is -3.53. The van der Waals surface area contributed by atoms with Crippen molar-refractivity contribution in [1.82, 2.24) is 0 Å². The van der Waals surface area contributed by atoms with Crippen LogP contribution in [0, 0.1) is 0 Å². The fourth-order valence-corrected chi connectivity index (χ4v) is 2.67. The van der Waals surface area contributed by atoms with Crippen LogP contribution in [0.3, 0.4) is 0 Å². The molecule has 0 radical (unpaired) electrons. The minimum Gasteiger partial charge on any atom is -0.493 e. The predicted octanol–water partition coefficient (Wildman–Crippen LogP) is 4.99. The second kappa shape index (κ2) is 8.72. The predicted molar refractivity (Wildman–Crippen MR) is 106 cm³/mol. The molecule has 0 unspecified atom stereocenters. The van der Waals surface area contributed by atoms with E-state index in [1.807, 2.05) is 54.6 Å². The number of esters is 1. The van der Waals surface area contributed by atoms with Gasteiger partial charge in [0.15, 0.2) is 11.5 Å². The Balaban J connectivity index is 1.76. The molecule has 0 atom stereocenters. The van der Waals surface area contributed by atoms with Crippen LogP contribution in [0.2, 0.25) is 0 Å². The van der Waals surface area contributed by atoms with E-state index < -0.39 is 5.97 Å². The molecule has 0 amide bonds. The van der Waals surface area contributed by atoms with Gasteiger partial charge in [-0.1, -0.05) is 54.6 Å². The van der Waals surface area contributed by atoms with Crippen LogP contribution in [-0.2, 0) is 4.79 Å². The van der Waals surface area contributed by atoms with Gasteiger partial charge in [-0.25, -0.2) is 4.79 Å². The molecule has 0 aliphatic rings. The topological polar surface area (TPSA) is 44.8 Å². The highest BCUT2D eigenvalue weighted by atomic mass is 16.5. The van der Waals surface area contributed by atoms with Gasteiger partial charge >= 0.3 is 5.97 Å². The Morgan fingerprint density at radius 3 is 2.22 bits per heavy atom. The van der Waals surface area contributed by atoms with Crippen LogP contribution in [0.25, 0.3) is 17.2 Å². The number of methoxy groups -OCH3 is 2. The average molecular weight is 360 g/mol. The highest BCUT2D eigenvalue weighted by Crippen LogP contribution is 2.30. The van der Waals surface area contributed by atoms with E-state index >= 15 is 0 Å². The zero-order chi connectivity index (χ0) is 19.1. The number of hydrogen-bond acceptors (Lipinski definition) is 4. The monoisotopic (exact) mass is 360 g/mol. The molecule has 0 aromatic heterocycles. The minimum atomic E-state index is -0.451. The van der Waals surface area contributed by atoms with Gasteiger partial charge in [0, 0.05) is 11.6 Å². The van der Waals surface area contributed by atoms with E-state index in [9.17, 15) is 4.79 Å². The Bertz CT molecular complexity index is 946. The van der Waals surface area contributed by atoms with Gasteiger partial charge < -0.3 is 14.2 Å². The van der Waals surface area contributed by atoms with E-state index in [0.717, 1.165) is 16.7 Å². The minimum absolute atomic E-state index is 0.451. The molecule has 0 N–H and O–H groups in total. The SMILES string of the molecule is COc1ccc(C=CC(=O)Oc2ccccc2-c2ccccc2)cc1OC. The molecule has 0 saturated heterocycles. The molecule has 4 heteroatoms. The molecule has 27 heavy (non-hydrogen) atoms. The maximum Gasteiger partial charge on any atom is 0.336 e. The quantitative estimate of drug-likeness (QED) is 0.353. The maximum absolute atomic E-state index is 12.3. The molecule has 3 aromatic carbocycles. The van der Waals surface area contributed by atoms with Crippen LogP contribution in [0.5, 0.6) is 17.2 Å². The summed E-state index contributed by atoms with van der Waals surface area (Å²) in [6, 6.07) is 22.7. The van der Waals surface area contributed by atoms with Crippen LogP contribution in [0.15, 0.2) is 78.9 Å². The van der Waals surface area contributed by atoms with E-state index in [2.05, 4.69) is 0 Å². The number of hydrogen-bond donors (Lipinski definition) is 0. The van der Waals surface area contributed by atoms with Crippen LogP contribution in [-0.4, -0.2) is 20.2 Å². The molecular formula is C23H20O4. The summed E-state index contributed by atoms with van der Waals surface area (Å²) < 4.78 is 16.0. The third-order valence-corrected chi connectivity index (χ3v) is 4.00. The first-order chi connectivity index (χ1) is 13.2. The Labute approximate surface area is 158 Å². The van der Waals surface area contributed by atoms with Crippen molar-refractivity contribution >= 4 is 12.0 Å². The van der Waals surface area contributed by atoms with Gasteiger partial charge in [-0.2, -0.15) is 0 Å². The highest BCUT2D eigenvalue weighted by molar-refractivity contribution is 5.90. The molecule has 0 aliphatic heterocycles. The van der Waals surface area contributed by atoms with Crippen molar-refractivity contribution in [3.8, 4) is 28.4 Å². The van der Waals surface area contributed by atoms with Crippen LogP contribution in [0.4, 0.5) is 0 Å². The largest absolute Gasteiger partial charge is 0.493 e. The van der Waals surface area contributed by atoms with Gasteiger partial charge in [-0.05, 0) is 35.4 Å². The van der Waals surface area contributed by atoms with Crippen LogP contribution < -0.4 is 14.2 Å². The molecule has 0 heterocycles. The van der Waals surface area contributed by atoms with Gasteiger partial charge in [0.25, 0.3) is 0 Å². The first-order valence-electron chi connectivity index (χ1n) is 8.47. The van der Waals surface area contributed by atoms with Gasteiger partial charge in [0.1, 0.15) is 5.75 Å². The summed E-state index contributed by atoms with van der Waals surface area (Å²) in [5.74, 6) is 1.30.